The molecule has 3 rings (SSSR count). The number of nitrogens with zero attached hydrogens (tertiary/aromatic N) is 1. The van der Waals surface area contributed by atoms with Crippen LogP contribution >= 0.6 is 11.3 Å². The zero-order chi connectivity index (χ0) is 20.3. The molecule has 2 heterocycles. The molecule has 2 aromatic rings. The van der Waals surface area contributed by atoms with Crippen molar-refractivity contribution in [3.05, 3.63) is 45.2 Å². The molecule has 6 heteroatoms. The number of ether oxygens (including phenoxy) is 3. The van der Waals surface area contributed by atoms with Gasteiger partial charge in [0.2, 0.25) is 0 Å². The molecule has 1 aromatic carbocycles. The SMILES string of the molecule is CCc1sc(C(=O)N2CC=C(c3c(OC)cc(OC)cc3OC)CC2)cc1C. The lowest BCUT2D eigenvalue weighted by Crippen LogP contribution is -2.34. The van der Waals surface area contributed by atoms with Gasteiger partial charge in [0.05, 0.1) is 31.8 Å². The second-order valence-corrected chi connectivity index (χ2v) is 7.84. The number of amides is 1. The van der Waals surface area contributed by atoms with Crippen molar-refractivity contribution in [2.75, 3.05) is 34.4 Å². The molecule has 0 atom stereocenters. The number of rotatable bonds is 6. The van der Waals surface area contributed by atoms with Crippen molar-refractivity contribution in [1.29, 1.82) is 0 Å². The van der Waals surface area contributed by atoms with Crippen LogP contribution in [0.15, 0.2) is 24.3 Å². The van der Waals surface area contributed by atoms with E-state index in [1.165, 1.54) is 10.4 Å². The third-order valence-electron chi connectivity index (χ3n) is 5.08. The molecule has 0 saturated heterocycles. The third kappa shape index (κ3) is 3.87. The first-order valence-electron chi connectivity index (χ1n) is 9.40. The Bertz CT molecular complexity index is 875. The van der Waals surface area contributed by atoms with Crippen LogP contribution in [0.1, 0.15) is 39.0 Å². The molecule has 150 valence electrons. The minimum Gasteiger partial charge on any atom is -0.496 e. The van der Waals surface area contributed by atoms with Gasteiger partial charge >= 0.3 is 0 Å². The molecule has 0 N–H and O–H groups in total. The summed E-state index contributed by atoms with van der Waals surface area (Å²) in [5.74, 6) is 2.22. The molecule has 0 fully saturated rings. The maximum Gasteiger partial charge on any atom is 0.264 e. The number of methoxy groups -OCH3 is 3. The van der Waals surface area contributed by atoms with Gasteiger partial charge in [-0.3, -0.25) is 4.79 Å². The Kier molecular flexibility index (Phi) is 6.29. The minimum atomic E-state index is 0.108. The first kappa shape index (κ1) is 20.3. The lowest BCUT2D eigenvalue weighted by atomic mass is 9.97. The predicted molar refractivity (Wildman–Crippen MR) is 113 cm³/mol. The molecule has 0 saturated carbocycles. The lowest BCUT2D eigenvalue weighted by Gasteiger charge is -2.27. The third-order valence-corrected chi connectivity index (χ3v) is 6.45. The zero-order valence-corrected chi connectivity index (χ0v) is 17.9. The summed E-state index contributed by atoms with van der Waals surface area (Å²) in [6, 6.07) is 5.73. The van der Waals surface area contributed by atoms with Crippen molar-refractivity contribution < 1.29 is 19.0 Å². The number of carbonyl (C=O) groups excluding carboxylic acids is 1. The van der Waals surface area contributed by atoms with E-state index in [4.69, 9.17) is 14.2 Å². The summed E-state index contributed by atoms with van der Waals surface area (Å²) in [7, 11) is 4.90. The van der Waals surface area contributed by atoms with Crippen LogP contribution in [0.3, 0.4) is 0 Å². The molecule has 28 heavy (non-hydrogen) atoms. The van der Waals surface area contributed by atoms with Gasteiger partial charge in [0.1, 0.15) is 17.2 Å². The molecule has 0 aliphatic carbocycles. The van der Waals surface area contributed by atoms with Crippen LogP contribution < -0.4 is 14.2 Å². The van der Waals surface area contributed by atoms with Crippen molar-refractivity contribution in [2.45, 2.75) is 26.7 Å². The van der Waals surface area contributed by atoms with Gasteiger partial charge < -0.3 is 19.1 Å². The molecular formula is C22H27NO4S. The standard InChI is InChI=1S/C22H27NO4S/c1-6-19-14(2)11-20(28-19)22(24)23-9-7-15(8-10-23)21-17(26-4)12-16(25-3)13-18(21)27-5/h7,11-13H,6,8-10H2,1-5H3. The Balaban J connectivity index is 1.84. The summed E-state index contributed by atoms with van der Waals surface area (Å²) in [6.07, 6.45) is 3.80. The average molecular weight is 402 g/mol. The van der Waals surface area contributed by atoms with Crippen molar-refractivity contribution in [1.82, 2.24) is 4.90 Å². The van der Waals surface area contributed by atoms with Crippen LogP contribution in [0, 0.1) is 6.92 Å². The Morgan fingerprint density at radius 3 is 2.25 bits per heavy atom. The largest absolute Gasteiger partial charge is 0.496 e. The van der Waals surface area contributed by atoms with Gasteiger partial charge in [-0.05, 0) is 37.0 Å². The van der Waals surface area contributed by atoms with E-state index < -0.39 is 0 Å². The van der Waals surface area contributed by atoms with Gasteiger partial charge in [-0.1, -0.05) is 13.0 Å². The van der Waals surface area contributed by atoms with Gasteiger partial charge in [-0.15, -0.1) is 11.3 Å². The van der Waals surface area contributed by atoms with Gasteiger partial charge in [-0.25, -0.2) is 0 Å². The maximum absolute atomic E-state index is 12.9. The number of carbonyl (C=O) groups is 1. The van der Waals surface area contributed by atoms with Crippen LogP contribution in [-0.4, -0.2) is 45.2 Å². The highest BCUT2D eigenvalue weighted by atomic mass is 32.1. The van der Waals surface area contributed by atoms with Crippen LogP contribution in [0.2, 0.25) is 0 Å². The zero-order valence-electron chi connectivity index (χ0n) is 17.1. The fraction of sp³-hybridized carbons (Fsp3) is 0.409. The summed E-state index contributed by atoms with van der Waals surface area (Å²) in [4.78, 5) is 16.9. The maximum atomic E-state index is 12.9. The van der Waals surface area contributed by atoms with Crippen molar-refractivity contribution in [3.63, 3.8) is 0 Å². The van der Waals surface area contributed by atoms with Crippen LogP contribution in [0.5, 0.6) is 17.2 Å². The van der Waals surface area contributed by atoms with Gasteiger partial charge in [-0.2, -0.15) is 0 Å². The molecule has 0 unspecified atom stereocenters. The van der Waals surface area contributed by atoms with Crippen molar-refractivity contribution in [3.8, 4) is 17.2 Å². The van der Waals surface area contributed by atoms with E-state index in [0.717, 1.165) is 28.9 Å². The summed E-state index contributed by atoms with van der Waals surface area (Å²) in [5.41, 5.74) is 3.26. The normalized spacial score (nSPS) is 13.9. The average Bonchev–Trinajstić information content (AvgIpc) is 3.12. The summed E-state index contributed by atoms with van der Waals surface area (Å²) < 4.78 is 16.5. The number of hydrogen-bond acceptors (Lipinski definition) is 5. The molecule has 1 aromatic heterocycles. The van der Waals surface area contributed by atoms with Crippen LogP contribution in [0.25, 0.3) is 5.57 Å². The van der Waals surface area contributed by atoms with Gasteiger partial charge in [0.25, 0.3) is 5.91 Å². The molecular weight excluding hydrogens is 374 g/mol. The number of benzene rings is 1. The first-order valence-corrected chi connectivity index (χ1v) is 10.2. The molecule has 0 bridgehead atoms. The molecule has 0 radical (unpaired) electrons. The van der Waals surface area contributed by atoms with Crippen LogP contribution in [0.4, 0.5) is 0 Å². The van der Waals surface area contributed by atoms with Gasteiger partial charge in [0.15, 0.2) is 0 Å². The number of aryl methyl sites for hydroxylation is 2. The van der Waals surface area contributed by atoms with Crippen molar-refractivity contribution in [2.24, 2.45) is 0 Å². The number of thiophene rings is 1. The Labute approximate surface area is 170 Å². The Morgan fingerprint density at radius 1 is 1.11 bits per heavy atom. The van der Waals surface area contributed by atoms with Crippen molar-refractivity contribution >= 4 is 22.8 Å². The Morgan fingerprint density at radius 2 is 1.79 bits per heavy atom. The van der Waals surface area contributed by atoms with E-state index in [2.05, 4.69) is 19.9 Å². The second-order valence-electron chi connectivity index (χ2n) is 6.71. The predicted octanol–water partition coefficient (Wildman–Crippen LogP) is 4.57. The van der Waals surface area contributed by atoms with E-state index in [1.54, 1.807) is 32.7 Å². The van der Waals surface area contributed by atoms with Crippen LogP contribution in [-0.2, 0) is 6.42 Å². The highest BCUT2D eigenvalue weighted by Crippen LogP contribution is 2.41. The quantitative estimate of drug-likeness (QED) is 0.711. The van der Waals surface area contributed by atoms with E-state index in [9.17, 15) is 4.79 Å². The summed E-state index contributed by atoms with van der Waals surface area (Å²) in [5, 5.41) is 0. The van der Waals surface area contributed by atoms with E-state index in [1.807, 2.05) is 23.1 Å². The summed E-state index contributed by atoms with van der Waals surface area (Å²) in [6.45, 7) is 5.44. The molecule has 1 amide bonds. The van der Waals surface area contributed by atoms with E-state index in [0.29, 0.717) is 30.3 Å². The lowest BCUT2D eigenvalue weighted by molar-refractivity contribution is 0.0777. The van der Waals surface area contributed by atoms with E-state index in [-0.39, 0.29) is 5.91 Å². The summed E-state index contributed by atoms with van der Waals surface area (Å²) >= 11 is 1.61. The first-order chi connectivity index (χ1) is 13.5. The molecule has 5 nitrogen and oxygen atoms in total. The highest BCUT2D eigenvalue weighted by molar-refractivity contribution is 7.14. The monoisotopic (exact) mass is 401 g/mol. The molecule has 1 aliphatic heterocycles. The number of hydrogen-bond donors (Lipinski definition) is 0. The second kappa shape index (κ2) is 8.69. The minimum absolute atomic E-state index is 0.108. The van der Waals surface area contributed by atoms with Gasteiger partial charge in [0, 0.05) is 30.1 Å². The molecule has 1 aliphatic rings. The topological polar surface area (TPSA) is 48.0 Å². The fourth-order valence-electron chi connectivity index (χ4n) is 3.53. The fourth-order valence-corrected chi connectivity index (χ4v) is 4.62. The molecule has 0 spiro atoms. The highest BCUT2D eigenvalue weighted by Gasteiger charge is 2.24. The Hall–Kier alpha value is -2.47. The van der Waals surface area contributed by atoms with E-state index >= 15 is 0 Å². The smallest absolute Gasteiger partial charge is 0.264 e.